The molecule has 2 N–H and O–H groups in total. The lowest BCUT2D eigenvalue weighted by Gasteiger charge is -2.11. The second-order valence-corrected chi connectivity index (χ2v) is 6.94. The van der Waals surface area contributed by atoms with E-state index in [1.807, 2.05) is 18.2 Å². The molecule has 8 heteroatoms. The number of halogens is 1. The Labute approximate surface area is 160 Å². The number of rotatable bonds is 7. The second kappa shape index (κ2) is 8.59. The fraction of sp³-hybridized carbons (Fsp3) is 0.211. The number of hydrogen-bond donors (Lipinski definition) is 2. The summed E-state index contributed by atoms with van der Waals surface area (Å²) in [6.07, 6.45) is 0.606. The first-order valence-electron chi connectivity index (χ1n) is 8.28. The zero-order valence-corrected chi connectivity index (χ0v) is 15.8. The Morgan fingerprint density at radius 3 is 2.59 bits per heavy atom. The Bertz CT molecular complexity index is 928. The van der Waals surface area contributed by atoms with Crippen LogP contribution < -0.4 is 15.4 Å². The second-order valence-electron chi connectivity index (χ2n) is 5.87. The van der Waals surface area contributed by atoms with Crippen molar-refractivity contribution in [3.05, 3.63) is 64.4 Å². The number of benzene rings is 2. The summed E-state index contributed by atoms with van der Waals surface area (Å²) in [5.41, 5.74) is 2.57. The molecule has 1 heterocycles. The van der Waals surface area contributed by atoms with Gasteiger partial charge in [0.05, 0.1) is 12.8 Å². The third-order valence-electron chi connectivity index (χ3n) is 3.75. The molecule has 0 saturated carbocycles. The van der Waals surface area contributed by atoms with Gasteiger partial charge in [-0.3, -0.25) is 4.79 Å². The summed E-state index contributed by atoms with van der Waals surface area (Å²) < 4.78 is 18.2. The number of nitrogens with zero attached hydrogens (tertiary/aromatic N) is 2. The summed E-state index contributed by atoms with van der Waals surface area (Å²) in [6, 6.07) is 11.9. The highest BCUT2D eigenvalue weighted by molar-refractivity contribution is 7.15. The molecule has 3 rings (SSSR count). The molecule has 0 aliphatic carbocycles. The molecule has 140 valence electrons. The molecular weight excluding hydrogens is 367 g/mol. The van der Waals surface area contributed by atoms with Crippen LogP contribution >= 0.6 is 11.3 Å². The van der Waals surface area contributed by atoms with E-state index in [9.17, 15) is 9.18 Å². The Balaban J connectivity index is 1.62. The van der Waals surface area contributed by atoms with Gasteiger partial charge in [-0.25, -0.2) is 4.39 Å². The van der Waals surface area contributed by atoms with E-state index in [2.05, 4.69) is 20.8 Å². The number of carbonyl (C=O) groups is 1. The molecule has 2 aromatic carbocycles. The maximum atomic E-state index is 13.0. The molecule has 0 radical (unpaired) electrons. The van der Waals surface area contributed by atoms with Crippen LogP contribution in [0.5, 0.6) is 5.75 Å². The van der Waals surface area contributed by atoms with Gasteiger partial charge in [-0.2, -0.15) is 0 Å². The molecule has 1 aromatic heterocycles. The van der Waals surface area contributed by atoms with Gasteiger partial charge in [0.2, 0.25) is 11.0 Å². The van der Waals surface area contributed by atoms with Crippen molar-refractivity contribution in [2.75, 3.05) is 17.7 Å². The van der Waals surface area contributed by atoms with E-state index in [0.717, 1.165) is 16.1 Å². The first kappa shape index (κ1) is 18.8. The summed E-state index contributed by atoms with van der Waals surface area (Å²) in [6.45, 7) is 1.98. The smallest absolute Gasteiger partial charge is 0.221 e. The van der Waals surface area contributed by atoms with Crippen LogP contribution in [0.15, 0.2) is 42.5 Å². The molecule has 0 unspecified atom stereocenters. The van der Waals surface area contributed by atoms with Crippen molar-refractivity contribution in [2.45, 2.75) is 19.9 Å². The number of carbonyl (C=O) groups excluding carboxylic acids is 1. The maximum Gasteiger partial charge on any atom is 0.221 e. The number of anilines is 2. The fourth-order valence-corrected chi connectivity index (χ4v) is 3.27. The average molecular weight is 386 g/mol. The van der Waals surface area contributed by atoms with Gasteiger partial charge in [-0.15, -0.1) is 10.2 Å². The molecule has 0 fully saturated rings. The fourth-order valence-electron chi connectivity index (χ4n) is 2.50. The van der Waals surface area contributed by atoms with Crippen LogP contribution in [0.25, 0.3) is 0 Å². The van der Waals surface area contributed by atoms with E-state index in [4.69, 9.17) is 4.74 Å². The monoisotopic (exact) mass is 386 g/mol. The van der Waals surface area contributed by atoms with Crippen LogP contribution in [0.3, 0.4) is 0 Å². The average Bonchev–Trinajstić information content (AvgIpc) is 3.09. The van der Waals surface area contributed by atoms with Crippen molar-refractivity contribution >= 4 is 28.1 Å². The lowest BCUT2D eigenvalue weighted by Crippen LogP contribution is -2.08. The van der Waals surface area contributed by atoms with Crippen LogP contribution in [-0.2, 0) is 17.8 Å². The topological polar surface area (TPSA) is 76.1 Å². The van der Waals surface area contributed by atoms with Gasteiger partial charge < -0.3 is 15.4 Å². The van der Waals surface area contributed by atoms with E-state index < -0.39 is 0 Å². The normalized spacial score (nSPS) is 10.5. The highest BCUT2D eigenvalue weighted by Crippen LogP contribution is 2.26. The minimum atomic E-state index is -0.253. The first-order chi connectivity index (χ1) is 13.0. The minimum absolute atomic E-state index is 0.159. The van der Waals surface area contributed by atoms with Crippen molar-refractivity contribution in [2.24, 2.45) is 0 Å². The molecule has 1 amide bonds. The summed E-state index contributed by atoms with van der Waals surface area (Å²) in [4.78, 5) is 11.3. The van der Waals surface area contributed by atoms with E-state index in [1.165, 1.54) is 30.4 Å². The summed E-state index contributed by atoms with van der Waals surface area (Å²) in [5.74, 6) is 0.191. The molecule has 0 aliphatic rings. The zero-order chi connectivity index (χ0) is 19.2. The predicted molar refractivity (Wildman–Crippen MR) is 104 cm³/mol. The highest BCUT2D eigenvalue weighted by Gasteiger charge is 2.08. The Kier molecular flexibility index (Phi) is 5.97. The van der Waals surface area contributed by atoms with Gasteiger partial charge >= 0.3 is 0 Å². The van der Waals surface area contributed by atoms with Gasteiger partial charge in [-0.1, -0.05) is 29.5 Å². The lowest BCUT2D eigenvalue weighted by molar-refractivity contribution is -0.114. The SMILES string of the molecule is COc1ccc(CNc2nnc(Cc3ccc(F)cc3)s2)cc1NC(C)=O. The number of hydrogen-bond acceptors (Lipinski definition) is 6. The standard InChI is InChI=1S/C19H19FN4O2S/c1-12(25)22-16-9-14(5-8-17(16)26-2)11-21-19-24-23-18(27-19)10-13-3-6-15(20)7-4-13/h3-9H,10-11H2,1-2H3,(H,21,24)(H,22,25). The Morgan fingerprint density at radius 1 is 1.15 bits per heavy atom. The van der Waals surface area contributed by atoms with Crippen molar-refractivity contribution in [3.63, 3.8) is 0 Å². The van der Waals surface area contributed by atoms with Gasteiger partial charge in [0.1, 0.15) is 16.6 Å². The Hall–Kier alpha value is -3.00. The molecule has 0 saturated heterocycles. The number of aromatic nitrogens is 2. The maximum absolute atomic E-state index is 13.0. The molecule has 27 heavy (non-hydrogen) atoms. The lowest BCUT2D eigenvalue weighted by atomic mass is 10.2. The largest absolute Gasteiger partial charge is 0.495 e. The van der Waals surface area contributed by atoms with Crippen LogP contribution in [0.1, 0.15) is 23.1 Å². The number of amides is 1. The van der Waals surface area contributed by atoms with Gasteiger partial charge in [-0.05, 0) is 35.4 Å². The molecule has 0 bridgehead atoms. The molecule has 0 spiro atoms. The van der Waals surface area contributed by atoms with Crippen molar-refractivity contribution < 1.29 is 13.9 Å². The van der Waals surface area contributed by atoms with Gasteiger partial charge in [0, 0.05) is 19.9 Å². The number of ether oxygens (including phenoxy) is 1. The van der Waals surface area contributed by atoms with Crippen molar-refractivity contribution in [1.82, 2.24) is 10.2 Å². The summed E-state index contributed by atoms with van der Waals surface area (Å²) >= 11 is 1.45. The van der Waals surface area contributed by atoms with Crippen molar-refractivity contribution in [3.8, 4) is 5.75 Å². The zero-order valence-electron chi connectivity index (χ0n) is 15.0. The molecular formula is C19H19FN4O2S. The summed E-state index contributed by atoms with van der Waals surface area (Å²) in [5, 5.41) is 15.8. The van der Waals surface area contributed by atoms with E-state index >= 15 is 0 Å². The number of methoxy groups -OCH3 is 1. The predicted octanol–water partition coefficient (Wildman–Crippen LogP) is 3.85. The molecule has 0 aliphatic heterocycles. The van der Waals surface area contributed by atoms with Gasteiger partial charge in [0.25, 0.3) is 0 Å². The van der Waals surface area contributed by atoms with Crippen LogP contribution in [0, 0.1) is 5.82 Å². The molecule has 0 atom stereocenters. The van der Waals surface area contributed by atoms with E-state index in [-0.39, 0.29) is 11.7 Å². The highest BCUT2D eigenvalue weighted by atomic mass is 32.1. The van der Waals surface area contributed by atoms with Gasteiger partial charge in [0.15, 0.2) is 0 Å². The Morgan fingerprint density at radius 2 is 1.89 bits per heavy atom. The molecule has 3 aromatic rings. The van der Waals surface area contributed by atoms with Crippen LogP contribution in [-0.4, -0.2) is 23.2 Å². The van der Waals surface area contributed by atoms with E-state index in [1.54, 1.807) is 19.2 Å². The van der Waals surface area contributed by atoms with Crippen LogP contribution in [0.4, 0.5) is 15.2 Å². The molecule has 6 nitrogen and oxygen atoms in total. The van der Waals surface area contributed by atoms with Crippen LogP contribution in [0.2, 0.25) is 0 Å². The van der Waals surface area contributed by atoms with Crippen molar-refractivity contribution in [1.29, 1.82) is 0 Å². The third-order valence-corrected chi connectivity index (χ3v) is 4.63. The minimum Gasteiger partial charge on any atom is -0.495 e. The number of nitrogens with one attached hydrogen (secondary N) is 2. The van der Waals surface area contributed by atoms with E-state index in [0.29, 0.717) is 29.5 Å². The summed E-state index contributed by atoms with van der Waals surface area (Å²) in [7, 11) is 1.56. The quantitative estimate of drug-likeness (QED) is 0.645. The first-order valence-corrected chi connectivity index (χ1v) is 9.10. The third kappa shape index (κ3) is 5.24.